The van der Waals surface area contributed by atoms with Crippen molar-refractivity contribution in [3.05, 3.63) is 29.6 Å². The Hall–Kier alpha value is -1.62. The number of carboxylic acid groups (broad SMARTS) is 1. The average Bonchev–Trinajstić information content (AvgIpc) is 2.36. The van der Waals surface area contributed by atoms with Gasteiger partial charge in [-0.05, 0) is 45.0 Å². The van der Waals surface area contributed by atoms with Crippen molar-refractivity contribution >= 4 is 11.7 Å². The Labute approximate surface area is 112 Å². The van der Waals surface area contributed by atoms with Crippen molar-refractivity contribution in [3.8, 4) is 0 Å². The van der Waals surface area contributed by atoms with Crippen LogP contribution in [-0.4, -0.2) is 41.7 Å². The highest BCUT2D eigenvalue weighted by molar-refractivity contribution is 5.88. The number of likely N-dealkylation sites (tertiary alicyclic amines) is 1. The number of hydrogen-bond donors (Lipinski definition) is 2. The van der Waals surface area contributed by atoms with E-state index in [1.807, 2.05) is 0 Å². The first kappa shape index (κ1) is 13.8. The van der Waals surface area contributed by atoms with E-state index in [2.05, 4.69) is 24.2 Å². The first-order valence-corrected chi connectivity index (χ1v) is 6.47. The van der Waals surface area contributed by atoms with Crippen LogP contribution in [0.1, 0.15) is 30.1 Å². The van der Waals surface area contributed by atoms with Crippen LogP contribution in [0.5, 0.6) is 0 Å². The predicted octanol–water partition coefficient (Wildman–Crippen LogP) is 2.42. The van der Waals surface area contributed by atoms with Gasteiger partial charge in [0.05, 0.1) is 11.3 Å². The van der Waals surface area contributed by atoms with Crippen LogP contribution in [0.4, 0.5) is 10.1 Å². The summed E-state index contributed by atoms with van der Waals surface area (Å²) in [6.45, 7) is 3.13. The van der Waals surface area contributed by atoms with Gasteiger partial charge in [0.25, 0.3) is 0 Å². The Kier molecular flexibility index (Phi) is 4.04. The number of hydrogen-bond acceptors (Lipinski definition) is 3. The van der Waals surface area contributed by atoms with E-state index in [4.69, 9.17) is 5.11 Å². The quantitative estimate of drug-likeness (QED) is 0.882. The Bertz CT molecular complexity index is 479. The molecule has 1 aromatic carbocycles. The molecule has 0 bridgehead atoms. The molecule has 104 valence electrons. The number of nitrogens with one attached hydrogen (secondary N) is 1. The molecule has 2 unspecified atom stereocenters. The standard InChI is InChI=1S/C14H19FN2O2/c1-9-7-11(5-6-17(9)2)16-13-4-3-10(14(18)19)8-12(13)15/h3-4,8-9,11,16H,5-7H2,1-2H3,(H,18,19). The maximum absolute atomic E-state index is 13.8. The highest BCUT2D eigenvalue weighted by Crippen LogP contribution is 2.22. The lowest BCUT2D eigenvalue weighted by Gasteiger charge is -2.35. The van der Waals surface area contributed by atoms with E-state index < -0.39 is 11.8 Å². The van der Waals surface area contributed by atoms with Crippen molar-refractivity contribution in [1.82, 2.24) is 4.90 Å². The molecule has 1 fully saturated rings. The summed E-state index contributed by atoms with van der Waals surface area (Å²) >= 11 is 0. The van der Waals surface area contributed by atoms with Crippen LogP contribution in [0.2, 0.25) is 0 Å². The van der Waals surface area contributed by atoms with E-state index in [9.17, 15) is 9.18 Å². The lowest BCUT2D eigenvalue weighted by atomic mass is 9.98. The van der Waals surface area contributed by atoms with Crippen molar-refractivity contribution in [1.29, 1.82) is 0 Å². The number of piperidine rings is 1. The van der Waals surface area contributed by atoms with E-state index in [-0.39, 0.29) is 11.6 Å². The highest BCUT2D eigenvalue weighted by atomic mass is 19.1. The van der Waals surface area contributed by atoms with Gasteiger partial charge in [0.1, 0.15) is 5.82 Å². The molecule has 1 aliphatic heterocycles. The van der Waals surface area contributed by atoms with Gasteiger partial charge in [-0.3, -0.25) is 0 Å². The van der Waals surface area contributed by atoms with Crippen LogP contribution in [0, 0.1) is 5.82 Å². The molecule has 2 rings (SSSR count). The molecule has 0 aromatic heterocycles. The zero-order valence-corrected chi connectivity index (χ0v) is 11.2. The molecule has 5 heteroatoms. The number of aromatic carboxylic acids is 1. The van der Waals surface area contributed by atoms with Gasteiger partial charge in [-0.1, -0.05) is 0 Å². The first-order chi connectivity index (χ1) is 8.97. The lowest BCUT2D eigenvalue weighted by molar-refractivity contribution is 0.0696. The van der Waals surface area contributed by atoms with E-state index in [0.717, 1.165) is 25.5 Å². The zero-order valence-electron chi connectivity index (χ0n) is 11.2. The van der Waals surface area contributed by atoms with Gasteiger partial charge in [0, 0.05) is 18.6 Å². The fourth-order valence-corrected chi connectivity index (χ4v) is 2.41. The number of carboxylic acids is 1. The van der Waals surface area contributed by atoms with Crippen LogP contribution >= 0.6 is 0 Å². The summed E-state index contributed by atoms with van der Waals surface area (Å²) in [7, 11) is 2.09. The minimum Gasteiger partial charge on any atom is -0.478 e. The van der Waals surface area contributed by atoms with E-state index in [0.29, 0.717) is 11.7 Å². The van der Waals surface area contributed by atoms with Gasteiger partial charge in [-0.25, -0.2) is 9.18 Å². The molecule has 4 nitrogen and oxygen atoms in total. The molecule has 0 radical (unpaired) electrons. The maximum atomic E-state index is 13.8. The van der Waals surface area contributed by atoms with Gasteiger partial charge in [-0.15, -0.1) is 0 Å². The molecule has 0 saturated carbocycles. The molecule has 1 saturated heterocycles. The fourth-order valence-electron chi connectivity index (χ4n) is 2.41. The maximum Gasteiger partial charge on any atom is 0.335 e. The fraction of sp³-hybridized carbons (Fsp3) is 0.500. The van der Waals surface area contributed by atoms with Gasteiger partial charge < -0.3 is 15.3 Å². The SMILES string of the molecule is CC1CC(Nc2ccc(C(=O)O)cc2F)CCN1C. The van der Waals surface area contributed by atoms with E-state index in [1.54, 1.807) is 0 Å². The normalized spacial score (nSPS) is 24.2. The number of halogens is 1. The monoisotopic (exact) mass is 266 g/mol. The van der Waals surface area contributed by atoms with E-state index >= 15 is 0 Å². The Morgan fingerprint density at radius 3 is 2.84 bits per heavy atom. The third kappa shape index (κ3) is 3.23. The Balaban J connectivity index is 2.05. The van der Waals surface area contributed by atoms with Crippen LogP contribution < -0.4 is 5.32 Å². The first-order valence-electron chi connectivity index (χ1n) is 6.47. The molecule has 2 atom stereocenters. The number of nitrogens with zero attached hydrogens (tertiary/aromatic N) is 1. The van der Waals surface area contributed by atoms with Gasteiger partial charge in [0.15, 0.2) is 0 Å². The Morgan fingerprint density at radius 2 is 2.26 bits per heavy atom. The molecule has 0 aliphatic carbocycles. The topological polar surface area (TPSA) is 52.6 Å². The molecule has 0 spiro atoms. The minimum atomic E-state index is -1.11. The highest BCUT2D eigenvalue weighted by Gasteiger charge is 2.23. The average molecular weight is 266 g/mol. The van der Waals surface area contributed by atoms with Crippen molar-refractivity contribution < 1.29 is 14.3 Å². The third-order valence-electron chi connectivity index (χ3n) is 3.78. The minimum absolute atomic E-state index is 0.0280. The molecule has 0 amide bonds. The lowest BCUT2D eigenvalue weighted by Crippen LogP contribution is -2.42. The van der Waals surface area contributed by atoms with Crippen LogP contribution in [0.3, 0.4) is 0 Å². The summed E-state index contributed by atoms with van der Waals surface area (Å²) in [6.07, 6.45) is 1.91. The largest absolute Gasteiger partial charge is 0.478 e. The molecule has 19 heavy (non-hydrogen) atoms. The van der Waals surface area contributed by atoms with E-state index in [1.165, 1.54) is 12.1 Å². The summed E-state index contributed by atoms with van der Waals surface area (Å²) in [4.78, 5) is 13.0. The second-order valence-corrected chi connectivity index (χ2v) is 5.20. The van der Waals surface area contributed by atoms with Crippen LogP contribution in [-0.2, 0) is 0 Å². The van der Waals surface area contributed by atoms with Crippen molar-refractivity contribution in [2.75, 3.05) is 18.9 Å². The van der Waals surface area contributed by atoms with Crippen LogP contribution in [0.15, 0.2) is 18.2 Å². The number of carbonyl (C=O) groups is 1. The van der Waals surface area contributed by atoms with Gasteiger partial charge >= 0.3 is 5.97 Å². The summed E-state index contributed by atoms with van der Waals surface area (Å²) in [5, 5.41) is 12.0. The van der Waals surface area contributed by atoms with Crippen molar-refractivity contribution in [2.45, 2.75) is 31.8 Å². The Morgan fingerprint density at radius 1 is 1.53 bits per heavy atom. The molecule has 1 aromatic rings. The summed E-state index contributed by atoms with van der Waals surface area (Å²) in [5.41, 5.74) is 0.353. The number of anilines is 1. The summed E-state index contributed by atoms with van der Waals surface area (Å²) < 4.78 is 13.8. The molecule has 1 heterocycles. The smallest absolute Gasteiger partial charge is 0.335 e. The predicted molar refractivity (Wildman–Crippen MR) is 72.1 cm³/mol. The zero-order chi connectivity index (χ0) is 14.0. The van der Waals surface area contributed by atoms with Gasteiger partial charge in [-0.2, -0.15) is 0 Å². The summed E-state index contributed by atoms with van der Waals surface area (Å²) in [5.74, 6) is -1.62. The van der Waals surface area contributed by atoms with Crippen LogP contribution in [0.25, 0.3) is 0 Å². The van der Waals surface area contributed by atoms with Crippen molar-refractivity contribution in [3.63, 3.8) is 0 Å². The molecular weight excluding hydrogens is 247 g/mol. The van der Waals surface area contributed by atoms with Crippen molar-refractivity contribution in [2.24, 2.45) is 0 Å². The number of rotatable bonds is 3. The second kappa shape index (κ2) is 5.57. The molecule has 2 N–H and O–H groups in total. The van der Waals surface area contributed by atoms with Gasteiger partial charge in [0.2, 0.25) is 0 Å². The second-order valence-electron chi connectivity index (χ2n) is 5.20. The third-order valence-corrected chi connectivity index (χ3v) is 3.78. The number of benzene rings is 1. The summed E-state index contributed by atoms with van der Waals surface area (Å²) in [6, 6.07) is 4.68. The molecular formula is C14H19FN2O2. The molecule has 1 aliphatic rings.